The maximum Gasteiger partial charge on any atom is 0.146 e. The lowest BCUT2D eigenvalue weighted by Gasteiger charge is -2.11. The van der Waals surface area contributed by atoms with Gasteiger partial charge in [0.15, 0.2) is 0 Å². The van der Waals surface area contributed by atoms with Crippen LogP contribution in [-0.4, -0.2) is 4.98 Å². The van der Waals surface area contributed by atoms with Crippen molar-refractivity contribution in [2.75, 3.05) is 5.73 Å². The number of benzene rings is 2. The number of nitrogens with zero attached hydrogens (tertiary/aromatic N) is 1. The van der Waals surface area contributed by atoms with Crippen LogP contribution < -0.4 is 10.5 Å². The molecule has 0 fully saturated rings. The van der Waals surface area contributed by atoms with E-state index in [0.29, 0.717) is 22.2 Å². The van der Waals surface area contributed by atoms with Crippen LogP contribution in [0, 0.1) is 6.92 Å². The van der Waals surface area contributed by atoms with Crippen molar-refractivity contribution in [3.05, 3.63) is 57.7 Å². The molecule has 2 aromatic carbocycles. The summed E-state index contributed by atoms with van der Waals surface area (Å²) in [6.07, 6.45) is 0. The highest BCUT2D eigenvalue weighted by Gasteiger charge is 2.09. The zero-order chi connectivity index (χ0) is 15.0. The first-order valence-corrected chi connectivity index (χ1v) is 7.50. The molecule has 0 amide bonds. The van der Waals surface area contributed by atoms with Gasteiger partial charge in [0, 0.05) is 27.3 Å². The van der Waals surface area contributed by atoms with Crippen LogP contribution >= 0.6 is 27.5 Å². The first-order chi connectivity index (χ1) is 10.0. The van der Waals surface area contributed by atoms with Crippen molar-refractivity contribution >= 4 is 44.1 Å². The van der Waals surface area contributed by atoms with E-state index in [1.807, 2.05) is 43.3 Å². The Kier molecular flexibility index (Phi) is 3.74. The fourth-order valence-electron chi connectivity index (χ4n) is 2.10. The van der Waals surface area contributed by atoms with Crippen molar-refractivity contribution in [1.82, 2.24) is 4.98 Å². The minimum atomic E-state index is 0.538. The van der Waals surface area contributed by atoms with Crippen LogP contribution in [0.3, 0.4) is 0 Å². The van der Waals surface area contributed by atoms with Crippen LogP contribution in [0.5, 0.6) is 11.5 Å². The lowest BCUT2D eigenvalue weighted by molar-refractivity contribution is 0.487. The van der Waals surface area contributed by atoms with Gasteiger partial charge in [0.05, 0.1) is 10.5 Å². The predicted octanol–water partition coefficient (Wildman–Crippen LogP) is 5.33. The molecule has 1 aromatic heterocycles. The molecule has 0 atom stereocenters. The molecule has 3 nitrogen and oxygen atoms in total. The lowest BCUT2D eigenvalue weighted by Crippen LogP contribution is -1.93. The van der Waals surface area contributed by atoms with E-state index in [2.05, 4.69) is 20.9 Å². The summed E-state index contributed by atoms with van der Waals surface area (Å²) in [5, 5.41) is 1.40. The van der Waals surface area contributed by atoms with Crippen molar-refractivity contribution in [2.45, 2.75) is 6.92 Å². The number of halogens is 2. The number of anilines is 1. The highest BCUT2D eigenvalue weighted by atomic mass is 79.9. The molecule has 5 heteroatoms. The number of fused-ring (bicyclic) bond motifs is 1. The fraction of sp³-hybridized carbons (Fsp3) is 0.0625. The van der Waals surface area contributed by atoms with E-state index in [9.17, 15) is 0 Å². The minimum Gasteiger partial charge on any atom is -0.455 e. The second-order valence-electron chi connectivity index (χ2n) is 4.72. The summed E-state index contributed by atoms with van der Waals surface area (Å²) >= 11 is 9.58. The summed E-state index contributed by atoms with van der Waals surface area (Å²) in [5.74, 6) is 1.28. The van der Waals surface area contributed by atoms with Crippen molar-refractivity contribution < 1.29 is 4.74 Å². The van der Waals surface area contributed by atoms with Crippen LogP contribution in [0.1, 0.15) is 5.69 Å². The highest BCUT2D eigenvalue weighted by molar-refractivity contribution is 9.10. The summed E-state index contributed by atoms with van der Waals surface area (Å²) in [5.41, 5.74) is 8.24. The predicted molar refractivity (Wildman–Crippen MR) is 90.1 cm³/mol. The molecule has 0 aliphatic carbocycles. The van der Waals surface area contributed by atoms with Crippen LogP contribution in [-0.2, 0) is 0 Å². The van der Waals surface area contributed by atoms with Crippen molar-refractivity contribution in [2.24, 2.45) is 0 Å². The van der Waals surface area contributed by atoms with Crippen LogP contribution in [0.2, 0.25) is 5.02 Å². The van der Waals surface area contributed by atoms with E-state index in [0.717, 1.165) is 21.1 Å². The first kappa shape index (κ1) is 14.2. The van der Waals surface area contributed by atoms with Gasteiger partial charge in [-0.3, -0.25) is 4.98 Å². The largest absolute Gasteiger partial charge is 0.455 e. The Morgan fingerprint density at radius 3 is 2.67 bits per heavy atom. The van der Waals surface area contributed by atoms with Gasteiger partial charge < -0.3 is 10.5 Å². The van der Waals surface area contributed by atoms with Crippen LogP contribution in [0.25, 0.3) is 10.9 Å². The zero-order valence-corrected chi connectivity index (χ0v) is 13.6. The van der Waals surface area contributed by atoms with Gasteiger partial charge in [-0.1, -0.05) is 27.5 Å². The van der Waals surface area contributed by atoms with Crippen molar-refractivity contribution in [3.63, 3.8) is 0 Å². The van der Waals surface area contributed by atoms with E-state index < -0.39 is 0 Å². The Morgan fingerprint density at radius 1 is 1.10 bits per heavy atom. The molecular weight excluding hydrogens is 352 g/mol. The number of aryl methyl sites for hydroxylation is 1. The topological polar surface area (TPSA) is 48.1 Å². The summed E-state index contributed by atoms with van der Waals surface area (Å²) in [7, 11) is 0. The lowest BCUT2D eigenvalue weighted by atomic mass is 10.1. The van der Waals surface area contributed by atoms with E-state index in [1.165, 1.54) is 0 Å². The molecule has 0 aliphatic rings. The maximum absolute atomic E-state index is 6.21. The Balaban J connectivity index is 2.13. The molecule has 0 saturated carbocycles. The molecule has 2 N–H and O–H groups in total. The van der Waals surface area contributed by atoms with Gasteiger partial charge in [-0.05, 0) is 43.3 Å². The summed E-state index contributed by atoms with van der Waals surface area (Å²) in [6, 6.07) is 12.9. The Labute approximate surface area is 135 Å². The summed E-state index contributed by atoms with van der Waals surface area (Å²) in [4.78, 5) is 4.48. The van der Waals surface area contributed by atoms with Gasteiger partial charge in [-0.25, -0.2) is 0 Å². The second-order valence-corrected chi connectivity index (χ2v) is 6.04. The Bertz CT molecular complexity index is 836. The molecule has 0 saturated heterocycles. The number of nitrogen functional groups attached to an aromatic ring is 1. The molecule has 0 radical (unpaired) electrons. The third-order valence-corrected chi connectivity index (χ3v) is 3.83. The van der Waals surface area contributed by atoms with Crippen LogP contribution in [0.4, 0.5) is 5.69 Å². The molecule has 1 heterocycles. The number of nitrogens with two attached hydrogens (primary N) is 1. The molecule has 3 rings (SSSR count). The quantitative estimate of drug-likeness (QED) is 0.626. The Hall–Kier alpha value is -1.78. The average Bonchev–Trinajstić information content (AvgIpc) is 2.42. The van der Waals surface area contributed by atoms with E-state index >= 15 is 0 Å². The molecule has 0 aliphatic heterocycles. The molecule has 106 valence electrons. The van der Waals surface area contributed by atoms with Gasteiger partial charge in [-0.15, -0.1) is 0 Å². The van der Waals surface area contributed by atoms with E-state index in [-0.39, 0.29) is 0 Å². The zero-order valence-electron chi connectivity index (χ0n) is 11.2. The van der Waals surface area contributed by atoms with E-state index in [4.69, 9.17) is 22.1 Å². The number of hydrogen-bond acceptors (Lipinski definition) is 3. The normalized spacial score (nSPS) is 10.8. The van der Waals surface area contributed by atoms with Crippen molar-refractivity contribution in [1.29, 1.82) is 0 Å². The second kappa shape index (κ2) is 5.54. The highest BCUT2D eigenvalue weighted by Crippen LogP contribution is 2.35. The number of ether oxygens (including phenoxy) is 1. The summed E-state index contributed by atoms with van der Waals surface area (Å²) < 4.78 is 6.87. The van der Waals surface area contributed by atoms with Gasteiger partial charge >= 0.3 is 0 Å². The Morgan fingerprint density at radius 2 is 1.90 bits per heavy atom. The van der Waals surface area contributed by atoms with Crippen molar-refractivity contribution in [3.8, 4) is 11.5 Å². The average molecular weight is 364 g/mol. The molecule has 3 aromatic rings. The first-order valence-electron chi connectivity index (χ1n) is 6.33. The van der Waals surface area contributed by atoms with E-state index in [1.54, 1.807) is 6.07 Å². The third kappa shape index (κ3) is 2.96. The SMILES string of the molecule is Cc1cc(Oc2ccc(Br)cc2Cl)c2cc(N)ccc2n1. The molecular formula is C16H12BrClN2O. The van der Waals surface area contributed by atoms with Crippen LogP contribution in [0.15, 0.2) is 46.9 Å². The number of rotatable bonds is 2. The monoisotopic (exact) mass is 362 g/mol. The fourth-order valence-corrected chi connectivity index (χ4v) is 2.81. The molecule has 0 unspecified atom stereocenters. The number of hydrogen-bond donors (Lipinski definition) is 1. The van der Waals surface area contributed by atoms with Gasteiger partial charge in [-0.2, -0.15) is 0 Å². The third-order valence-electron chi connectivity index (χ3n) is 3.04. The summed E-state index contributed by atoms with van der Waals surface area (Å²) in [6.45, 7) is 1.92. The molecule has 0 spiro atoms. The van der Waals surface area contributed by atoms with Gasteiger partial charge in [0.25, 0.3) is 0 Å². The smallest absolute Gasteiger partial charge is 0.146 e. The number of pyridine rings is 1. The standard InChI is InChI=1S/C16H12BrClN2O/c1-9-6-16(12-8-11(19)3-4-14(12)20-9)21-15-5-2-10(17)7-13(15)18/h2-8H,19H2,1H3. The number of aromatic nitrogens is 1. The minimum absolute atomic E-state index is 0.538. The van der Waals surface area contributed by atoms with Gasteiger partial charge in [0.2, 0.25) is 0 Å². The molecule has 0 bridgehead atoms. The molecule has 21 heavy (non-hydrogen) atoms. The van der Waals surface area contributed by atoms with Gasteiger partial charge in [0.1, 0.15) is 11.5 Å². The maximum atomic E-state index is 6.21.